The van der Waals surface area contributed by atoms with E-state index in [2.05, 4.69) is 9.88 Å². The van der Waals surface area contributed by atoms with Crippen molar-refractivity contribution in [2.24, 2.45) is 0 Å². The molecule has 3 amide bonds. The zero-order valence-corrected chi connectivity index (χ0v) is 22.4. The molecule has 1 aromatic heterocycles. The number of sulfone groups is 1. The highest BCUT2D eigenvalue weighted by Gasteiger charge is 2.56. The summed E-state index contributed by atoms with van der Waals surface area (Å²) in [4.78, 5) is 35.7. The van der Waals surface area contributed by atoms with E-state index in [9.17, 15) is 18.0 Å². The molecule has 0 N–H and O–H groups in total. The van der Waals surface area contributed by atoms with Gasteiger partial charge in [0.2, 0.25) is 0 Å². The van der Waals surface area contributed by atoms with Gasteiger partial charge in [-0.05, 0) is 73.4 Å². The second-order valence-electron chi connectivity index (χ2n) is 9.80. The lowest BCUT2D eigenvalue weighted by Crippen LogP contribution is -2.57. The van der Waals surface area contributed by atoms with Crippen molar-refractivity contribution in [3.05, 3.63) is 65.4 Å². The van der Waals surface area contributed by atoms with E-state index in [1.54, 1.807) is 47.5 Å². The van der Waals surface area contributed by atoms with Crippen molar-refractivity contribution >= 4 is 49.8 Å². The third-order valence-electron chi connectivity index (χ3n) is 7.50. The number of likely N-dealkylation sites (N-methyl/N-ethyl adjacent to an activating group) is 1. The van der Waals surface area contributed by atoms with E-state index in [0.29, 0.717) is 31.0 Å². The highest BCUT2D eigenvalue weighted by molar-refractivity contribution is 7.91. The first kappa shape index (κ1) is 25.5. The Morgan fingerprint density at radius 2 is 1.70 bits per heavy atom. The van der Waals surface area contributed by atoms with E-state index in [1.807, 2.05) is 19.1 Å². The summed E-state index contributed by atoms with van der Waals surface area (Å²) in [6.07, 6.45) is 2.99. The van der Waals surface area contributed by atoms with Gasteiger partial charge in [-0.25, -0.2) is 13.2 Å². The van der Waals surface area contributed by atoms with Gasteiger partial charge < -0.3 is 9.80 Å². The quantitative estimate of drug-likeness (QED) is 0.433. The molecule has 2 aliphatic rings. The monoisotopic (exact) mass is 540 g/mol. The maximum Gasteiger partial charge on any atom is 0.327 e. The van der Waals surface area contributed by atoms with E-state index in [1.165, 1.54) is 11.9 Å². The van der Waals surface area contributed by atoms with E-state index in [4.69, 9.17) is 11.6 Å². The van der Waals surface area contributed by atoms with Crippen molar-refractivity contribution in [2.75, 3.05) is 37.3 Å². The summed E-state index contributed by atoms with van der Waals surface area (Å²) >= 11 is 6.04. The smallest absolute Gasteiger partial charge is 0.327 e. The number of hydrogen-bond acceptors (Lipinski definition) is 6. The lowest BCUT2D eigenvalue weighted by Gasteiger charge is -2.43. The van der Waals surface area contributed by atoms with Crippen LogP contribution in [0.5, 0.6) is 0 Å². The molecular weight excluding hydrogens is 512 g/mol. The van der Waals surface area contributed by atoms with Gasteiger partial charge in [0.1, 0.15) is 5.54 Å². The fourth-order valence-electron chi connectivity index (χ4n) is 5.45. The van der Waals surface area contributed by atoms with E-state index >= 15 is 0 Å². The molecule has 37 heavy (non-hydrogen) atoms. The van der Waals surface area contributed by atoms with Crippen LogP contribution in [-0.2, 0) is 14.6 Å². The Morgan fingerprint density at radius 3 is 2.43 bits per heavy atom. The molecule has 5 rings (SSSR count). The Hall–Kier alpha value is -3.17. The molecule has 3 heterocycles. The van der Waals surface area contributed by atoms with Crippen LogP contribution in [-0.4, -0.2) is 73.1 Å². The highest BCUT2D eigenvalue weighted by atomic mass is 35.5. The number of amides is 3. The third kappa shape index (κ3) is 4.66. The third-order valence-corrected chi connectivity index (χ3v) is 9.53. The minimum Gasteiger partial charge on any atom is -0.371 e. The second-order valence-corrected chi connectivity index (χ2v) is 12.3. The minimum absolute atomic E-state index is 0.119. The predicted molar refractivity (Wildman–Crippen MR) is 144 cm³/mol. The van der Waals surface area contributed by atoms with Gasteiger partial charge in [0.05, 0.1) is 10.6 Å². The number of piperidine rings is 1. The number of fused-ring (bicyclic) bond motifs is 1. The molecule has 10 heteroatoms. The lowest BCUT2D eigenvalue weighted by atomic mass is 9.85. The Bertz CT molecular complexity index is 1480. The van der Waals surface area contributed by atoms with Crippen LogP contribution in [0.2, 0.25) is 5.02 Å². The van der Waals surface area contributed by atoms with Crippen LogP contribution in [0.4, 0.5) is 10.5 Å². The minimum atomic E-state index is -3.57. The van der Waals surface area contributed by atoms with Crippen LogP contribution in [0.25, 0.3) is 10.8 Å². The SMILES string of the molecule is Cc1cc(N2CCC3(CC2)C(=O)N(C)C(=O)N3CCCS(=O)(=O)c2ccc3cc(Cl)ccc3c2)ccn1. The first-order chi connectivity index (χ1) is 17.6. The molecule has 2 fully saturated rings. The number of pyridine rings is 1. The van der Waals surface area contributed by atoms with Gasteiger partial charge >= 0.3 is 6.03 Å². The number of anilines is 1. The van der Waals surface area contributed by atoms with E-state index in [-0.39, 0.29) is 35.6 Å². The number of imide groups is 1. The molecule has 0 radical (unpaired) electrons. The highest BCUT2D eigenvalue weighted by Crippen LogP contribution is 2.38. The zero-order chi connectivity index (χ0) is 26.4. The molecule has 2 aromatic carbocycles. The lowest BCUT2D eigenvalue weighted by molar-refractivity contribution is -0.133. The summed E-state index contributed by atoms with van der Waals surface area (Å²) < 4.78 is 26.2. The fraction of sp³-hybridized carbons (Fsp3) is 0.370. The van der Waals surface area contributed by atoms with E-state index in [0.717, 1.165) is 22.2 Å². The zero-order valence-electron chi connectivity index (χ0n) is 20.9. The number of carbonyl (C=O) groups is 2. The van der Waals surface area contributed by atoms with Crippen molar-refractivity contribution in [1.82, 2.24) is 14.8 Å². The van der Waals surface area contributed by atoms with Gasteiger partial charge in [0.15, 0.2) is 9.84 Å². The first-order valence-electron chi connectivity index (χ1n) is 12.3. The van der Waals surface area contributed by atoms with Gasteiger partial charge in [-0.2, -0.15) is 0 Å². The summed E-state index contributed by atoms with van der Waals surface area (Å²) in [6, 6.07) is 13.9. The molecule has 0 bridgehead atoms. The number of aromatic nitrogens is 1. The Kier molecular flexibility index (Phi) is 6.62. The summed E-state index contributed by atoms with van der Waals surface area (Å²) in [5, 5.41) is 2.25. The number of hydrogen-bond donors (Lipinski definition) is 0. The normalized spacial score (nSPS) is 17.9. The van der Waals surface area contributed by atoms with Crippen molar-refractivity contribution in [3.8, 4) is 0 Å². The van der Waals surface area contributed by atoms with Crippen LogP contribution < -0.4 is 4.90 Å². The largest absolute Gasteiger partial charge is 0.371 e. The van der Waals surface area contributed by atoms with Gasteiger partial charge in [-0.1, -0.05) is 23.7 Å². The van der Waals surface area contributed by atoms with Crippen molar-refractivity contribution < 1.29 is 18.0 Å². The number of nitrogens with zero attached hydrogens (tertiary/aromatic N) is 4. The molecule has 0 atom stereocenters. The van der Waals surface area contributed by atoms with Crippen molar-refractivity contribution in [1.29, 1.82) is 0 Å². The summed E-state index contributed by atoms with van der Waals surface area (Å²) in [7, 11) is -2.07. The molecule has 3 aromatic rings. The number of halogens is 1. The summed E-state index contributed by atoms with van der Waals surface area (Å²) in [5.41, 5.74) is 1.03. The number of aryl methyl sites for hydroxylation is 1. The first-order valence-corrected chi connectivity index (χ1v) is 14.3. The average Bonchev–Trinajstić information content (AvgIpc) is 3.05. The van der Waals surface area contributed by atoms with Crippen LogP contribution >= 0.6 is 11.6 Å². The maximum atomic E-state index is 13.2. The van der Waals surface area contributed by atoms with Gasteiger partial charge in [-0.3, -0.25) is 14.7 Å². The summed E-state index contributed by atoms with van der Waals surface area (Å²) in [6.45, 7) is 3.37. The predicted octanol–water partition coefficient (Wildman–Crippen LogP) is 4.29. The fourth-order valence-corrected chi connectivity index (χ4v) is 6.96. The molecule has 0 aliphatic carbocycles. The Balaban J connectivity index is 1.29. The molecule has 2 aliphatic heterocycles. The topological polar surface area (TPSA) is 90.9 Å². The van der Waals surface area contributed by atoms with Crippen LogP contribution in [0, 0.1) is 6.92 Å². The van der Waals surface area contributed by atoms with E-state index < -0.39 is 15.4 Å². The van der Waals surface area contributed by atoms with Crippen LogP contribution in [0.15, 0.2) is 59.6 Å². The molecule has 1 spiro atoms. The number of urea groups is 1. The molecule has 194 valence electrons. The van der Waals surface area contributed by atoms with Crippen LogP contribution in [0.1, 0.15) is 25.0 Å². The van der Waals surface area contributed by atoms with Gasteiger partial charge in [0.25, 0.3) is 5.91 Å². The number of rotatable bonds is 6. The molecule has 0 saturated carbocycles. The Morgan fingerprint density at radius 1 is 1.00 bits per heavy atom. The van der Waals surface area contributed by atoms with Crippen molar-refractivity contribution in [2.45, 2.75) is 36.6 Å². The number of benzene rings is 2. The van der Waals surface area contributed by atoms with Crippen molar-refractivity contribution in [3.63, 3.8) is 0 Å². The second kappa shape index (κ2) is 9.61. The molecule has 0 unspecified atom stereocenters. The molecule has 8 nitrogen and oxygen atoms in total. The molecule has 2 saturated heterocycles. The Labute approximate surface area is 221 Å². The molecular formula is C27H29ClN4O4S. The summed E-state index contributed by atoms with van der Waals surface area (Å²) in [5.74, 6) is -0.328. The number of carbonyl (C=O) groups excluding carboxylic acids is 2. The van der Waals surface area contributed by atoms with Gasteiger partial charge in [0, 0.05) is 49.3 Å². The standard InChI is InChI=1S/C27H29ClN4O4S/c1-19-16-23(8-11-29-19)31-13-9-27(10-14-31)25(33)30(2)26(34)32(27)12-3-15-37(35,36)24-7-5-20-17-22(28)6-4-21(20)18-24/h4-8,11,16-18H,3,9-10,12-15H2,1-2H3. The van der Waals surface area contributed by atoms with Crippen LogP contribution in [0.3, 0.4) is 0 Å². The average molecular weight is 541 g/mol. The van der Waals surface area contributed by atoms with Gasteiger partial charge in [-0.15, -0.1) is 0 Å². The maximum absolute atomic E-state index is 13.2.